The lowest BCUT2D eigenvalue weighted by atomic mass is 10.0. The van der Waals surface area contributed by atoms with Gasteiger partial charge in [0.05, 0.1) is 10.6 Å². The van der Waals surface area contributed by atoms with E-state index in [2.05, 4.69) is 5.32 Å². The van der Waals surface area contributed by atoms with Gasteiger partial charge in [0.25, 0.3) is 10.0 Å². The first-order valence-electron chi connectivity index (χ1n) is 12.0. The zero-order chi connectivity index (χ0) is 27.2. The van der Waals surface area contributed by atoms with Crippen molar-refractivity contribution in [3.8, 4) is 0 Å². The second kappa shape index (κ2) is 12.3. The molecule has 0 fully saturated rings. The number of hydrogen-bond donors (Lipinski definition) is 1. The summed E-state index contributed by atoms with van der Waals surface area (Å²) in [6, 6.07) is 21.2. The Balaban J connectivity index is 2.02. The SMILES string of the molecule is CNC(=O)C(C)N(Cc1ccc(Cl)cc1)C(=O)CN(c1ccc(C(C)C)cc1)S(=O)(=O)c1ccccc1. The fourth-order valence-corrected chi connectivity index (χ4v) is 5.41. The van der Waals surface area contributed by atoms with Crippen LogP contribution in [0.1, 0.15) is 37.8 Å². The minimum Gasteiger partial charge on any atom is -0.357 e. The van der Waals surface area contributed by atoms with E-state index in [9.17, 15) is 18.0 Å². The van der Waals surface area contributed by atoms with Gasteiger partial charge in [-0.3, -0.25) is 13.9 Å². The molecule has 7 nitrogen and oxygen atoms in total. The van der Waals surface area contributed by atoms with Crippen molar-refractivity contribution in [3.63, 3.8) is 0 Å². The molecule has 196 valence electrons. The molecule has 1 atom stereocenters. The highest BCUT2D eigenvalue weighted by Gasteiger charge is 2.32. The minimum atomic E-state index is -4.08. The number of amides is 2. The largest absolute Gasteiger partial charge is 0.357 e. The molecule has 1 N–H and O–H groups in total. The van der Waals surface area contributed by atoms with Crippen molar-refractivity contribution >= 4 is 39.1 Å². The van der Waals surface area contributed by atoms with Gasteiger partial charge in [-0.05, 0) is 60.4 Å². The van der Waals surface area contributed by atoms with Crippen LogP contribution in [0.5, 0.6) is 0 Å². The molecule has 0 aliphatic carbocycles. The van der Waals surface area contributed by atoms with Crippen LogP contribution < -0.4 is 9.62 Å². The molecule has 0 radical (unpaired) electrons. The number of anilines is 1. The van der Waals surface area contributed by atoms with Crippen molar-refractivity contribution in [1.82, 2.24) is 10.2 Å². The van der Waals surface area contributed by atoms with Crippen LogP contribution in [0, 0.1) is 0 Å². The van der Waals surface area contributed by atoms with Crippen molar-refractivity contribution in [2.75, 3.05) is 17.9 Å². The third-order valence-electron chi connectivity index (χ3n) is 6.14. The van der Waals surface area contributed by atoms with E-state index in [0.29, 0.717) is 10.7 Å². The van der Waals surface area contributed by atoms with Gasteiger partial charge < -0.3 is 10.2 Å². The highest BCUT2D eigenvalue weighted by Crippen LogP contribution is 2.26. The Morgan fingerprint density at radius 2 is 1.49 bits per heavy atom. The van der Waals surface area contributed by atoms with Crippen molar-refractivity contribution in [1.29, 1.82) is 0 Å². The normalized spacial score (nSPS) is 12.2. The van der Waals surface area contributed by atoms with Crippen LogP contribution in [0.3, 0.4) is 0 Å². The topological polar surface area (TPSA) is 86.8 Å². The van der Waals surface area contributed by atoms with Crippen molar-refractivity contribution in [3.05, 3.63) is 95.0 Å². The predicted octanol–water partition coefficient (Wildman–Crippen LogP) is 4.82. The number of carbonyl (C=O) groups excluding carboxylic acids is 2. The standard InChI is InChI=1S/C28H32ClN3O4S/c1-20(2)23-12-16-25(17-13-23)32(37(35,36)26-8-6-5-7-9-26)19-27(33)31(21(3)28(34)30-4)18-22-10-14-24(29)15-11-22/h5-17,20-21H,18-19H2,1-4H3,(H,30,34). The maximum Gasteiger partial charge on any atom is 0.264 e. The van der Waals surface area contributed by atoms with Gasteiger partial charge in [0.1, 0.15) is 12.6 Å². The summed E-state index contributed by atoms with van der Waals surface area (Å²) >= 11 is 6.00. The predicted molar refractivity (Wildman–Crippen MR) is 147 cm³/mol. The number of hydrogen-bond acceptors (Lipinski definition) is 4. The molecule has 1 unspecified atom stereocenters. The number of rotatable bonds is 10. The average molecular weight is 542 g/mol. The fraction of sp³-hybridized carbons (Fsp3) is 0.286. The summed E-state index contributed by atoms with van der Waals surface area (Å²) in [6.07, 6.45) is 0. The molecule has 0 aliphatic rings. The van der Waals surface area contributed by atoms with Crippen molar-refractivity contribution in [2.45, 2.75) is 44.2 Å². The number of benzene rings is 3. The molecule has 37 heavy (non-hydrogen) atoms. The van der Waals surface area contributed by atoms with Crippen LogP contribution in [0.15, 0.2) is 83.8 Å². The Kier molecular flexibility index (Phi) is 9.34. The summed E-state index contributed by atoms with van der Waals surface area (Å²) in [6.45, 7) is 5.33. The molecule has 9 heteroatoms. The van der Waals surface area contributed by atoms with E-state index < -0.39 is 28.5 Å². The van der Waals surface area contributed by atoms with Gasteiger partial charge in [-0.25, -0.2) is 8.42 Å². The number of nitrogens with zero attached hydrogens (tertiary/aromatic N) is 2. The van der Waals surface area contributed by atoms with Crippen molar-refractivity contribution in [2.24, 2.45) is 0 Å². The number of halogens is 1. The van der Waals surface area contributed by atoms with Crippen LogP contribution >= 0.6 is 11.6 Å². The first-order valence-corrected chi connectivity index (χ1v) is 13.8. The Morgan fingerprint density at radius 3 is 2.03 bits per heavy atom. The summed E-state index contributed by atoms with van der Waals surface area (Å²) in [5.41, 5.74) is 2.16. The number of sulfonamides is 1. The minimum absolute atomic E-state index is 0.0688. The monoisotopic (exact) mass is 541 g/mol. The summed E-state index contributed by atoms with van der Waals surface area (Å²) in [5.74, 6) is -0.613. The summed E-state index contributed by atoms with van der Waals surface area (Å²) in [5, 5.41) is 3.11. The maximum absolute atomic E-state index is 13.7. The van der Waals surface area contributed by atoms with E-state index >= 15 is 0 Å². The van der Waals surface area contributed by atoms with E-state index in [4.69, 9.17) is 11.6 Å². The molecule has 2 amide bonds. The third-order valence-corrected chi connectivity index (χ3v) is 8.18. The van der Waals surface area contributed by atoms with Gasteiger partial charge >= 0.3 is 0 Å². The molecule has 0 saturated carbocycles. The van der Waals surface area contributed by atoms with Crippen LogP contribution in [-0.2, 0) is 26.2 Å². The molecule has 3 aromatic carbocycles. The average Bonchev–Trinajstić information content (AvgIpc) is 2.90. The highest BCUT2D eigenvalue weighted by atomic mass is 35.5. The van der Waals surface area contributed by atoms with Crippen LogP contribution in [0.25, 0.3) is 0 Å². The molecular formula is C28H32ClN3O4S. The second-order valence-electron chi connectivity index (χ2n) is 9.01. The Labute approximate surface area is 224 Å². The zero-order valence-electron chi connectivity index (χ0n) is 21.4. The Morgan fingerprint density at radius 1 is 0.892 bits per heavy atom. The van der Waals surface area contributed by atoms with E-state index in [0.717, 1.165) is 15.4 Å². The lowest BCUT2D eigenvalue weighted by Gasteiger charge is -2.32. The van der Waals surface area contributed by atoms with Crippen LogP contribution in [-0.4, -0.2) is 44.8 Å². The van der Waals surface area contributed by atoms with E-state index in [1.54, 1.807) is 61.5 Å². The van der Waals surface area contributed by atoms with Gasteiger partial charge in [0, 0.05) is 18.6 Å². The second-order valence-corrected chi connectivity index (χ2v) is 11.3. The molecule has 3 aromatic rings. The molecular weight excluding hydrogens is 510 g/mol. The number of carbonyl (C=O) groups is 2. The van der Waals surface area contributed by atoms with E-state index in [1.807, 2.05) is 26.0 Å². The zero-order valence-corrected chi connectivity index (χ0v) is 23.0. The maximum atomic E-state index is 13.7. The molecule has 0 aliphatic heterocycles. The Bertz CT molecular complexity index is 1310. The first-order chi connectivity index (χ1) is 17.5. The summed E-state index contributed by atoms with van der Waals surface area (Å²) in [7, 11) is -2.59. The first kappa shape index (κ1) is 28.2. The van der Waals surface area contributed by atoms with E-state index in [-0.39, 0.29) is 23.3 Å². The summed E-state index contributed by atoms with van der Waals surface area (Å²) < 4.78 is 28.6. The third kappa shape index (κ3) is 6.90. The van der Waals surface area contributed by atoms with Crippen LogP contribution in [0.4, 0.5) is 5.69 Å². The number of likely N-dealkylation sites (N-methyl/N-ethyl adjacent to an activating group) is 1. The highest BCUT2D eigenvalue weighted by molar-refractivity contribution is 7.92. The van der Waals surface area contributed by atoms with Gasteiger partial charge in [-0.1, -0.05) is 67.9 Å². The molecule has 3 rings (SSSR count). The molecule has 0 spiro atoms. The fourth-order valence-electron chi connectivity index (χ4n) is 3.85. The van der Waals surface area contributed by atoms with Gasteiger partial charge in [-0.2, -0.15) is 0 Å². The van der Waals surface area contributed by atoms with Gasteiger partial charge in [0.2, 0.25) is 11.8 Å². The Hall–Kier alpha value is -3.36. The van der Waals surface area contributed by atoms with Crippen molar-refractivity contribution < 1.29 is 18.0 Å². The molecule has 0 heterocycles. The van der Waals surface area contributed by atoms with E-state index in [1.165, 1.54) is 24.1 Å². The molecule has 0 bridgehead atoms. The molecule has 0 saturated heterocycles. The lowest BCUT2D eigenvalue weighted by Crippen LogP contribution is -2.50. The lowest BCUT2D eigenvalue weighted by molar-refractivity contribution is -0.139. The van der Waals surface area contributed by atoms with Gasteiger partial charge in [0.15, 0.2) is 0 Å². The smallest absolute Gasteiger partial charge is 0.264 e. The molecule has 0 aromatic heterocycles. The van der Waals surface area contributed by atoms with Gasteiger partial charge in [-0.15, -0.1) is 0 Å². The number of nitrogens with one attached hydrogen (secondary N) is 1. The quantitative estimate of drug-likeness (QED) is 0.398. The summed E-state index contributed by atoms with van der Waals surface area (Å²) in [4.78, 5) is 27.7. The van der Waals surface area contributed by atoms with Crippen LogP contribution in [0.2, 0.25) is 5.02 Å².